The van der Waals surface area contributed by atoms with E-state index in [9.17, 15) is 30.3 Å². The Morgan fingerprint density at radius 1 is 0.690 bits per heavy atom. The molecule has 0 fully saturated rings. The average Bonchev–Trinajstić information content (AvgIpc) is 3.63. The number of aromatic hydroxyl groups is 2. The van der Waals surface area contributed by atoms with Crippen LogP contribution in [-0.2, 0) is 19.1 Å². The number of phenolic OH excluding ortho intramolecular Hbond substituents is 2. The van der Waals surface area contributed by atoms with Crippen molar-refractivity contribution in [1.82, 2.24) is 0 Å². The molecule has 12 heteroatoms. The van der Waals surface area contributed by atoms with Gasteiger partial charge < -0.3 is 19.7 Å². The van der Waals surface area contributed by atoms with Gasteiger partial charge in [0, 0.05) is 0 Å². The average molecular weight is 649 g/mol. The molecular weight excluding hydrogens is 613 g/mol. The predicted octanol–water partition coefficient (Wildman–Crippen LogP) is 8.48. The summed E-state index contributed by atoms with van der Waals surface area (Å²) in [6, 6.07) is 3.86. The third kappa shape index (κ3) is 7.96. The first-order valence-electron chi connectivity index (χ1n) is 14.2. The van der Waals surface area contributed by atoms with Gasteiger partial charge in [0.25, 0.3) is 0 Å². The molecule has 226 valence electrons. The SMILES string of the molecule is CCCCC(CC)COC(=O)C(C#N)=C1Sc2c(O)c3c(c(O)c2S1)SC(=C(C#N)C(=O)OCC(CC)CCCC)S3. The zero-order valence-electron chi connectivity index (χ0n) is 24.3. The van der Waals surface area contributed by atoms with E-state index >= 15 is 0 Å². The third-order valence-corrected chi connectivity index (χ3v) is 12.3. The molecule has 1 aromatic rings. The molecule has 2 unspecified atom stereocenters. The Kier molecular flexibility index (Phi) is 13.4. The van der Waals surface area contributed by atoms with E-state index in [4.69, 9.17) is 9.47 Å². The molecule has 2 aliphatic heterocycles. The number of rotatable bonds is 14. The maximum absolute atomic E-state index is 12.8. The molecule has 2 atom stereocenters. The summed E-state index contributed by atoms with van der Waals surface area (Å²) in [6.45, 7) is 8.74. The molecule has 1 aromatic carbocycles. The van der Waals surface area contributed by atoms with Crippen LogP contribution in [0.2, 0.25) is 0 Å². The fourth-order valence-corrected chi connectivity index (χ4v) is 9.49. The Morgan fingerprint density at radius 3 is 1.29 bits per heavy atom. The number of esters is 2. The summed E-state index contributed by atoms with van der Waals surface area (Å²) in [4.78, 5) is 26.8. The van der Waals surface area contributed by atoms with E-state index < -0.39 is 11.9 Å². The fourth-order valence-electron chi connectivity index (χ4n) is 4.31. The molecule has 2 aliphatic rings. The van der Waals surface area contributed by atoms with Crippen molar-refractivity contribution in [1.29, 1.82) is 10.5 Å². The zero-order chi connectivity index (χ0) is 30.8. The van der Waals surface area contributed by atoms with Gasteiger partial charge in [-0.1, -0.05) is 113 Å². The van der Waals surface area contributed by atoms with Gasteiger partial charge in [0.05, 0.1) is 41.3 Å². The number of hydrogen-bond donors (Lipinski definition) is 2. The smallest absolute Gasteiger partial charge is 0.350 e. The van der Waals surface area contributed by atoms with Crippen LogP contribution in [0.5, 0.6) is 11.5 Å². The van der Waals surface area contributed by atoms with Gasteiger partial charge in [-0.05, 0) is 24.7 Å². The summed E-state index contributed by atoms with van der Waals surface area (Å²) < 4.78 is 11.6. The highest BCUT2D eigenvalue weighted by atomic mass is 32.2. The standard InChI is InChI=1S/C30H36N2O6S4/c1-5-9-11-17(7-3)15-37-27(35)19(13-31)29-39-23-21(33)25-26(22(34)24(23)40-29)42-30(41-25)20(14-32)28(36)38-16-18(8-4)12-10-6-2/h17-18,33-34H,5-12,15-16H2,1-4H3. The van der Waals surface area contributed by atoms with Crippen LogP contribution in [-0.4, -0.2) is 35.4 Å². The number of phenols is 2. The number of nitrogens with zero attached hydrogens (tertiary/aromatic N) is 2. The van der Waals surface area contributed by atoms with E-state index in [1.54, 1.807) is 0 Å². The summed E-state index contributed by atoms with van der Waals surface area (Å²) in [6.07, 6.45) is 7.78. The minimum atomic E-state index is -0.729. The molecular formula is C30H36N2O6S4. The molecule has 0 saturated carbocycles. The van der Waals surface area contributed by atoms with Crippen molar-refractivity contribution in [2.24, 2.45) is 11.8 Å². The molecule has 42 heavy (non-hydrogen) atoms. The Labute approximate surface area is 264 Å². The first-order valence-corrected chi connectivity index (χ1v) is 17.5. The van der Waals surface area contributed by atoms with Crippen molar-refractivity contribution < 1.29 is 29.3 Å². The Hall–Kier alpha value is -2.38. The number of carbonyl (C=O) groups excluding carboxylic acids is 2. The van der Waals surface area contributed by atoms with Crippen LogP contribution >= 0.6 is 47.0 Å². The van der Waals surface area contributed by atoms with Crippen LogP contribution in [0.25, 0.3) is 0 Å². The second-order valence-corrected chi connectivity index (χ2v) is 14.6. The lowest BCUT2D eigenvalue weighted by Crippen LogP contribution is -2.15. The number of unbranched alkanes of at least 4 members (excludes halogenated alkanes) is 2. The quantitative estimate of drug-likeness (QED) is 0.0865. The van der Waals surface area contributed by atoms with Crippen LogP contribution in [0.15, 0.2) is 39.2 Å². The van der Waals surface area contributed by atoms with Crippen molar-refractivity contribution in [2.45, 2.75) is 98.6 Å². The lowest BCUT2D eigenvalue weighted by atomic mass is 10.0. The second-order valence-electron chi connectivity index (χ2n) is 10.0. The summed E-state index contributed by atoms with van der Waals surface area (Å²) >= 11 is 4.05. The highest BCUT2D eigenvalue weighted by molar-refractivity contribution is 8.26. The molecule has 2 N–H and O–H groups in total. The molecule has 0 saturated heterocycles. The van der Waals surface area contributed by atoms with Crippen molar-refractivity contribution in [2.75, 3.05) is 13.2 Å². The highest BCUT2D eigenvalue weighted by Crippen LogP contribution is 2.67. The minimum absolute atomic E-state index is 0.148. The van der Waals surface area contributed by atoms with E-state index in [0.29, 0.717) is 28.1 Å². The monoisotopic (exact) mass is 648 g/mol. The Balaban J connectivity index is 1.79. The largest absolute Gasteiger partial charge is 0.505 e. The second kappa shape index (κ2) is 16.5. The summed E-state index contributed by atoms with van der Waals surface area (Å²) in [5.41, 5.74) is -0.351. The van der Waals surface area contributed by atoms with E-state index in [1.165, 1.54) is 0 Å². The number of nitriles is 2. The number of ether oxygens (including phenoxy) is 2. The molecule has 0 radical (unpaired) electrons. The van der Waals surface area contributed by atoms with Crippen LogP contribution in [0.3, 0.4) is 0 Å². The molecule has 0 bridgehead atoms. The van der Waals surface area contributed by atoms with Crippen molar-refractivity contribution in [3.8, 4) is 23.6 Å². The number of carbonyl (C=O) groups is 2. The van der Waals surface area contributed by atoms with E-state index in [0.717, 1.165) is 98.4 Å². The highest BCUT2D eigenvalue weighted by Gasteiger charge is 2.38. The van der Waals surface area contributed by atoms with Gasteiger partial charge in [-0.25, -0.2) is 9.59 Å². The number of thioether (sulfide) groups is 4. The number of fused-ring (bicyclic) bond motifs is 2. The molecule has 0 amide bonds. The fraction of sp³-hybridized carbons (Fsp3) is 0.533. The van der Waals surface area contributed by atoms with E-state index in [2.05, 4.69) is 13.8 Å². The van der Waals surface area contributed by atoms with Gasteiger partial charge in [0.2, 0.25) is 0 Å². The van der Waals surface area contributed by atoms with Crippen LogP contribution in [0, 0.1) is 34.5 Å². The van der Waals surface area contributed by atoms with Crippen molar-refractivity contribution in [3.05, 3.63) is 19.6 Å². The number of hydrogen-bond acceptors (Lipinski definition) is 12. The van der Waals surface area contributed by atoms with Crippen LogP contribution < -0.4 is 0 Å². The number of benzene rings is 1. The van der Waals surface area contributed by atoms with Crippen molar-refractivity contribution in [3.63, 3.8) is 0 Å². The van der Waals surface area contributed by atoms with Crippen LogP contribution in [0.4, 0.5) is 0 Å². The molecule has 3 rings (SSSR count). The normalized spacial score (nSPS) is 14.8. The molecule has 0 aromatic heterocycles. The summed E-state index contributed by atoms with van der Waals surface area (Å²) in [7, 11) is 0. The van der Waals surface area contributed by atoms with Gasteiger partial charge in [0.1, 0.15) is 23.6 Å². The Bertz CT molecular complexity index is 1200. The summed E-state index contributed by atoms with van der Waals surface area (Å²) in [5.74, 6) is -1.31. The maximum Gasteiger partial charge on any atom is 0.350 e. The topological polar surface area (TPSA) is 141 Å². The van der Waals surface area contributed by atoms with Gasteiger partial charge in [0.15, 0.2) is 11.1 Å². The Morgan fingerprint density at radius 2 is 1.02 bits per heavy atom. The molecule has 0 aliphatic carbocycles. The maximum atomic E-state index is 12.8. The third-order valence-electron chi connectivity index (χ3n) is 7.08. The van der Waals surface area contributed by atoms with Gasteiger partial charge in [-0.15, -0.1) is 0 Å². The van der Waals surface area contributed by atoms with Gasteiger partial charge in [-0.3, -0.25) is 0 Å². The predicted molar refractivity (Wildman–Crippen MR) is 167 cm³/mol. The van der Waals surface area contributed by atoms with Crippen molar-refractivity contribution >= 4 is 59.0 Å². The first-order chi connectivity index (χ1) is 20.2. The van der Waals surface area contributed by atoms with E-state index in [1.807, 2.05) is 26.0 Å². The van der Waals surface area contributed by atoms with Gasteiger partial charge in [-0.2, -0.15) is 10.5 Å². The zero-order valence-corrected chi connectivity index (χ0v) is 27.5. The summed E-state index contributed by atoms with van der Waals surface area (Å²) in [5, 5.41) is 41.8. The lowest BCUT2D eigenvalue weighted by molar-refractivity contribution is -0.140. The molecule has 8 nitrogen and oxygen atoms in total. The molecule has 0 spiro atoms. The van der Waals surface area contributed by atoms with E-state index in [-0.39, 0.29) is 47.7 Å². The minimum Gasteiger partial charge on any atom is -0.505 e. The van der Waals surface area contributed by atoms with Gasteiger partial charge >= 0.3 is 11.9 Å². The van der Waals surface area contributed by atoms with Crippen LogP contribution in [0.1, 0.15) is 79.1 Å². The lowest BCUT2D eigenvalue weighted by Gasteiger charge is -2.14. The first kappa shape index (κ1) is 34.1. The molecule has 2 heterocycles.